The van der Waals surface area contributed by atoms with Crippen LogP contribution in [0.1, 0.15) is 16.8 Å². The number of benzene rings is 1. The molecule has 2 aromatic rings. The second-order valence-electron chi connectivity index (χ2n) is 4.75. The molecule has 0 saturated carbocycles. The van der Waals surface area contributed by atoms with E-state index >= 15 is 0 Å². The summed E-state index contributed by atoms with van der Waals surface area (Å²) in [5, 5.41) is 9.28. The number of hydrogen-bond acceptors (Lipinski definition) is 4. The fraction of sp³-hybridized carbons (Fsp3) is 0.176. The third-order valence-corrected chi connectivity index (χ3v) is 3.17. The molecule has 0 spiro atoms. The summed E-state index contributed by atoms with van der Waals surface area (Å²) >= 11 is 0. The summed E-state index contributed by atoms with van der Waals surface area (Å²) in [5.41, 5.74) is 0.00218. The zero-order valence-electron chi connectivity index (χ0n) is 12.9. The molecule has 1 aromatic heterocycles. The van der Waals surface area contributed by atoms with Crippen LogP contribution in [0.5, 0.6) is 11.5 Å². The van der Waals surface area contributed by atoms with Crippen LogP contribution in [0.15, 0.2) is 36.5 Å². The van der Waals surface area contributed by atoms with Gasteiger partial charge in [-0.05, 0) is 35.9 Å². The summed E-state index contributed by atoms with van der Waals surface area (Å²) in [5.74, 6) is 1.05. The molecule has 1 heterocycles. The fourth-order valence-corrected chi connectivity index (χ4v) is 1.96. The molecule has 24 heavy (non-hydrogen) atoms. The molecule has 0 aliphatic rings. The molecular formula is C17H13F3N2O2. The van der Waals surface area contributed by atoms with Gasteiger partial charge in [0.25, 0.3) is 0 Å². The average molecular weight is 334 g/mol. The molecule has 0 fully saturated rings. The quantitative estimate of drug-likeness (QED) is 0.787. The van der Waals surface area contributed by atoms with Gasteiger partial charge < -0.3 is 9.47 Å². The number of nitriles is 1. The minimum atomic E-state index is -4.47. The first kappa shape index (κ1) is 17.3. The average Bonchev–Trinajstić information content (AvgIpc) is 2.58. The van der Waals surface area contributed by atoms with E-state index in [2.05, 4.69) is 4.98 Å². The van der Waals surface area contributed by atoms with Gasteiger partial charge in [-0.25, -0.2) is 0 Å². The van der Waals surface area contributed by atoms with Crippen molar-refractivity contribution in [2.24, 2.45) is 0 Å². The van der Waals surface area contributed by atoms with Gasteiger partial charge in [0.15, 0.2) is 0 Å². The van der Waals surface area contributed by atoms with E-state index < -0.39 is 11.7 Å². The molecule has 0 bridgehead atoms. The number of nitrogens with zero attached hydrogens (tertiary/aromatic N) is 2. The van der Waals surface area contributed by atoms with Crippen LogP contribution in [-0.4, -0.2) is 19.2 Å². The van der Waals surface area contributed by atoms with Crippen molar-refractivity contribution in [2.75, 3.05) is 14.2 Å². The van der Waals surface area contributed by atoms with Crippen LogP contribution in [0.3, 0.4) is 0 Å². The Bertz CT molecular complexity index is 769. The molecular weight excluding hydrogens is 321 g/mol. The molecule has 0 aliphatic carbocycles. The third-order valence-electron chi connectivity index (χ3n) is 3.17. The van der Waals surface area contributed by atoms with Crippen molar-refractivity contribution >= 4 is 11.6 Å². The van der Waals surface area contributed by atoms with Crippen molar-refractivity contribution in [3.05, 3.63) is 53.3 Å². The Morgan fingerprint density at radius 1 is 1.12 bits per heavy atom. The number of hydrogen-bond donors (Lipinski definition) is 0. The maximum absolute atomic E-state index is 12.6. The highest BCUT2D eigenvalue weighted by atomic mass is 19.4. The third kappa shape index (κ3) is 4.04. The predicted molar refractivity (Wildman–Crippen MR) is 82.3 cm³/mol. The van der Waals surface area contributed by atoms with E-state index in [4.69, 9.17) is 9.47 Å². The number of alkyl halides is 3. The van der Waals surface area contributed by atoms with E-state index in [1.165, 1.54) is 20.3 Å². The minimum absolute atomic E-state index is 0.124. The van der Waals surface area contributed by atoms with Crippen LogP contribution in [0.25, 0.3) is 11.6 Å². The lowest BCUT2D eigenvalue weighted by Gasteiger charge is -2.08. The Hall–Kier alpha value is -3.01. The maximum atomic E-state index is 12.6. The molecule has 1 aromatic carbocycles. The summed E-state index contributed by atoms with van der Waals surface area (Å²) < 4.78 is 48.0. The molecule has 0 radical (unpaired) electrons. The van der Waals surface area contributed by atoms with Gasteiger partial charge in [-0.1, -0.05) is 0 Å². The summed E-state index contributed by atoms with van der Waals surface area (Å²) in [6.07, 6.45) is -2.27. The number of ether oxygens (including phenoxy) is 2. The number of allylic oxidation sites excluding steroid dienone is 1. The highest BCUT2D eigenvalue weighted by Crippen LogP contribution is 2.30. The van der Waals surface area contributed by atoms with Crippen LogP contribution in [0.4, 0.5) is 13.2 Å². The Morgan fingerprint density at radius 2 is 1.75 bits per heavy atom. The van der Waals surface area contributed by atoms with E-state index in [-0.39, 0.29) is 11.3 Å². The van der Waals surface area contributed by atoms with Crippen molar-refractivity contribution in [1.82, 2.24) is 4.98 Å². The van der Waals surface area contributed by atoms with Gasteiger partial charge in [-0.15, -0.1) is 0 Å². The van der Waals surface area contributed by atoms with Gasteiger partial charge in [0.1, 0.15) is 17.6 Å². The lowest BCUT2D eigenvalue weighted by Crippen LogP contribution is -2.05. The Balaban J connectivity index is 2.41. The summed E-state index contributed by atoms with van der Waals surface area (Å²) in [6, 6.07) is 8.99. The summed E-state index contributed by atoms with van der Waals surface area (Å²) in [7, 11) is 2.98. The van der Waals surface area contributed by atoms with Gasteiger partial charge in [-0.3, -0.25) is 4.98 Å². The van der Waals surface area contributed by atoms with Crippen molar-refractivity contribution in [3.8, 4) is 17.6 Å². The molecule has 4 nitrogen and oxygen atoms in total. The monoisotopic (exact) mass is 334 g/mol. The number of halogens is 3. The van der Waals surface area contributed by atoms with E-state index in [9.17, 15) is 18.4 Å². The van der Waals surface area contributed by atoms with Crippen molar-refractivity contribution in [3.63, 3.8) is 0 Å². The molecule has 0 N–H and O–H groups in total. The fourth-order valence-electron chi connectivity index (χ4n) is 1.96. The lowest BCUT2D eigenvalue weighted by atomic mass is 10.1. The molecule has 0 saturated heterocycles. The van der Waals surface area contributed by atoms with E-state index in [1.54, 1.807) is 18.2 Å². The molecule has 2 rings (SSSR count). The Kier molecular flexibility index (Phi) is 5.09. The number of pyridine rings is 1. The van der Waals surface area contributed by atoms with E-state index in [1.807, 2.05) is 6.07 Å². The zero-order valence-corrected chi connectivity index (χ0v) is 12.9. The molecule has 0 atom stereocenters. The Labute approximate surface area is 136 Å². The van der Waals surface area contributed by atoms with Gasteiger partial charge in [0.05, 0.1) is 31.1 Å². The molecule has 7 heteroatoms. The second-order valence-corrected chi connectivity index (χ2v) is 4.75. The van der Waals surface area contributed by atoms with Crippen LogP contribution in [0.2, 0.25) is 0 Å². The standard InChI is InChI=1S/C17H13F3N2O2/c1-23-14-6-11(7-15(8-14)24-2)5-12(9-21)16-4-3-13(10-22-16)17(18,19)20/h3-8,10H,1-2H3/b12-5-. The normalized spacial score (nSPS) is 11.8. The van der Waals surface area contributed by atoms with Crippen LogP contribution in [0, 0.1) is 11.3 Å². The van der Waals surface area contributed by atoms with Gasteiger partial charge in [0, 0.05) is 12.3 Å². The highest BCUT2D eigenvalue weighted by Gasteiger charge is 2.30. The van der Waals surface area contributed by atoms with Gasteiger partial charge in [0.2, 0.25) is 0 Å². The Morgan fingerprint density at radius 3 is 2.17 bits per heavy atom. The number of rotatable bonds is 4. The van der Waals surface area contributed by atoms with E-state index in [0.717, 1.165) is 12.1 Å². The SMILES string of the molecule is COc1cc(/C=C(/C#N)c2ccc(C(F)(F)F)cn2)cc(OC)c1. The van der Waals surface area contributed by atoms with Crippen molar-refractivity contribution < 1.29 is 22.6 Å². The minimum Gasteiger partial charge on any atom is -0.497 e. The highest BCUT2D eigenvalue weighted by molar-refractivity contribution is 5.88. The number of methoxy groups -OCH3 is 2. The maximum Gasteiger partial charge on any atom is 0.417 e. The second kappa shape index (κ2) is 7.04. The van der Waals surface area contributed by atoms with Gasteiger partial charge >= 0.3 is 6.18 Å². The van der Waals surface area contributed by atoms with Crippen molar-refractivity contribution in [1.29, 1.82) is 5.26 Å². The smallest absolute Gasteiger partial charge is 0.417 e. The first-order valence-electron chi connectivity index (χ1n) is 6.76. The molecule has 0 aliphatic heterocycles. The summed E-state index contributed by atoms with van der Waals surface area (Å²) in [4.78, 5) is 3.72. The first-order valence-corrected chi connectivity index (χ1v) is 6.76. The van der Waals surface area contributed by atoms with Crippen LogP contribution < -0.4 is 9.47 Å². The van der Waals surface area contributed by atoms with Gasteiger partial charge in [-0.2, -0.15) is 18.4 Å². The van der Waals surface area contributed by atoms with E-state index in [0.29, 0.717) is 23.3 Å². The largest absolute Gasteiger partial charge is 0.497 e. The van der Waals surface area contributed by atoms with Crippen molar-refractivity contribution in [2.45, 2.75) is 6.18 Å². The molecule has 124 valence electrons. The van der Waals surface area contributed by atoms with Crippen LogP contribution >= 0.6 is 0 Å². The van der Waals surface area contributed by atoms with Crippen LogP contribution in [-0.2, 0) is 6.18 Å². The predicted octanol–water partition coefficient (Wildman–Crippen LogP) is 4.18. The number of aromatic nitrogens is 1. The zero-order chi connectivity index (χ0) is 17.7. The lowest BCUT2D eigenvalue weighted by molar-refractivity contribution is -0.137. The molecule has 0 unspecified atom stereocenters. The summed E-state index contributed by atoms with van der Waals surface area (Å²) in [6.45, 7) is 0. The first-order chi connectivity index (χ1) is 11.4. The molecule has 0 amide bonds. The topological polar surface area (TPSA) is 55.1 Å².